The van der Waals surface area contributed by atoms with Crippen molar-refractivity contribution in [2.45, 2.75) is 31.3 Å². The molecule has 0 saturated carbocycles. The van der Waals surface area contributed by atoms with E-state index >= 15 is 0 Å². The van der Waals surface area contributed by atoms with Gasteiger partial charge < -0.3 is 9.88 Å². The molecule has 0 bridgehead atoms. The Kier molecular flexibility index (Phi) is 5.41. The monoisotopic (exact) mass is 408 g/mol. The summed E-state index contributed by atoms with van der Waals surface area (Å²) in [6.45, 7) is 4.99. The minimum Gasteiger partial charge on any atom is -0.342 e. The van der Waals surface area contributed by atoms with Crippen LogP contribution in [0.1, 0.15) is 18.1 Å². The summed E-state index contributed by atoms with van der Waals surface area (Å²) in [6, 6.07) is 22.1. The van der Waals surface area contributed by atoms with E-state index in [1.54, 1.807) is 12.1 Å². The standard InChI is InChI=1S/C23H25N3O2S/c1-2-26-22-6-4-3-5-20(22)21-15-18(9-12-23(21)26)16-25-14-13-17-7-10-19(11-8-17)29(24,27)28/h3-12,15,25H,2,13-14,16H2,1H3,(H2,24,27,28)/p+1. The average Bonchev–Trinajstić information content (AvgIpc) is 3.04. The smallest absolute Gasteiger partial charge is 0.238 e. The molecule has 4 rings (SSSR count). The first kappa shape index (κ1) is 19.6. The Morgan fingerprint density at radius 3 is 2.31 bits per heavy atom. The van der Waals surface area contributed by atoms with E-state index in [1.165, 1.54) is 27.4 Å². The molecule has 29 heavy (non-hydrogen) atoms. The molecule has 0 fully saturated rings. The first-order valence-electron chi connectivity index (χ1n) is 9.90. The van der Waals surface area contributed by atoms with Crippen LogP contribution in [0.5, 0.6) is 0 Å². The van der Waals surface area contributed by atoms with Crippen LogP contribution in [0.15, 0.2) is 71.6 Å². The third-order valence-corrected chi connectivity index (χ3v) is 6.35. The molecule has 0 atom stereocenters. The predicted molar refractivity (Wildman–Crippen MR) is 117 cm³/mol. The van der Waals surface area contributed by atoms with E-state index in [0.717, 1.165) is 31.6 Å². The lowest BCUT2D eigenvalue weighted by Gasteiger charge is -2.05. The molecule has 5 nitrogen and oxygen atoms in total. The molecule has 0 unspecified atom stereocenters. The summed E-state index contributed by atoms with van der Waals surface area (Å²) in [5.74, 6) is 0. The van der Waals surface area contributed by atoms with Crippen molar-refractivity contribution in [1.82, 2.24) is 4.57 Å². The van der Waals surface area contributed by atoms with Crippen molar-refractivity contribution in [2.75, 3.05) is 6.54 Å². The maximum absolute atomic E-state index is 11.3. The highest BCUT2D eigenvalue weighted by atomic mass is 32.2. The Morgan fingerprint density at radius 1 is 0.897 bits per heavy atom. The van der Waals surface area contributed by atoms with Crippen molar-refractivity contribution < 1.29 is 13.7 Å². The molecule has 4 aromatic rings. The minimum absolute atomic E-state index is 0.157. The van der Waals surface area contributed by atoms with Crippen LogP contribution in [0.3, 0.4) is 0 Å². The minimum atomic E-state index is -3.62. The molecule has 0 aliphatic rings. The number of aromatic nitrogens is 1. The second kappa shape index (κ2) is 7.99. The van der Waals surface area contributed by atoms with Crippen LogP contribution in [0.25, 0.3) is 21.8 Å². The molecule has 0 aliphatic heterocycles. The Bertz CT molecular complexity index is 1260. The number of rotatable bonds is 7. The molecule has 1 aromatic heterocycles. The quantitative estimate of drug-likeness (QED) is 0.461. The largest absolute Gasteiger partial charge is 0.342 e. The highest BCUT2D eigenvalue weighted by Gasteiger charge is 2.10. The van der Waals surface area contributed by atoms with Crippen LogP contribution in [0, 0.1) is 0 Å². The zero-order valence-corrected chi connectivity index (χ0v) is 17.3. The average molecular weight is 409 g/mol. The van der Waals surface area contributed by atoms with Crippen LogP contribution >= 0.6 is 0 Å². The fourth-order valence-electron chi connectivity index (χ4n) is 3.95. The number of quaternary nitrogens is 1. The molecule has 3 aromatic carbocycles. The molecule has 0 spiro atoms. The highest BCUT2D eigenvalue weighted by molar-refractivity contribution is 7.89. The Balaban J connectivity index is 1.43. The van der Waals surface area contributed by atoms with Crippen LogP contribution in [-0.4, -0.2) is 19.5 Å². The van der Waals surface area contributed by atoms with Crippen LogP contribution < -0.4 is 10.5 Å². The van der Waals surface area contributed by atoms with Gasteiger partial charge in [0, 0.05) is 40.3 Å². The van der Waals surface area contributed by atoms with Crippen LogP contribution in [0.4, 0.5) is 0 Å². The first-order chi connectivity index (χ1) is 14.0. The predicted octanol–water partition coefficient (Wildman–Crippen LogP) is 2.77. The van der Waals surface area contributed by atoms with Gasteiger partial charge in [-0.2, -0.15) is 0 Å². The molecule has 6 heteroatoms. The first-order valence-corrected chi connectivity index (χ1v) is 11.5. The lowest BCUT2D eigenvalue weighted by Crippen LogP contribution is -2.83. The SMILES string of the molecule is CCn1c2ccccc2c2cc(C[NH2+]CCc3ccc(S(N)(=O)=O)cc3)ccc21. The van der Waals surface area contributed by atoms with Crippen molar-refractivity contribution >= 4 is 31.8 Å². The molecule has 0 aliphatic carbocycles. The van der Waals surface area contributed by atoms with E-state index in [9.17, 15) is 8.42 Å². The Morgan fingerprint density at radius 2 is 1.59 bits per heavy atom. The summed E-state index contributed by atoms with van der Waals surface area (Å²) in [6.07, 6.45) is 0.877. The van der Waals surface area contributed by atoms with Gasteiger partial charge in [-0.3, -0.25) is 0 Å². The maximum atomic E-state index is 11.3. The number of para-hydroxylation sites is 1. The van der Waals surface area contributed by atoms with Crippen molar-refractivity contribution in [1.29, 1.82) is 0 Å². The van der Waals surface area contributed by atoms with Crippen molar-refractivity contribution in [3.63, 3.8) is 0 Å². The van der Waals surface area contributed by atoms with E-state index in [1.807, 2.05) is 12.1 Å². The number of fused-ring (bicyclic) bond motifs is 3. The van der Waals surface area contributed by atoms with Crippen LogP contribution in [-0.2, 0) is 29.5 Å². The molecular formula is C23H26N3O2S+. The van der Waals surface area contributed by atoms with Crippen molar-refractivity contribution in [3.8, 4) is 0 Å². The van der Waals surface area contributed by atoms with Gasteiger partial charge in [0.25, 0.3) is 0 Å². The summed E-state index contributed by atoms with van der Waals surface area (Å²) in [4.78, 5) is 0.157. The molecule has 0 amide bonds. The van der Waals surface area contributed by atoms with Crippen molar-refractivity contribution in [3.05, 3.63) is 77.9 Å². The molecule has 0 saturated heterocycles. The summed E-state index contributed by atoms with van der Waals surface area (Å²) >= 11 is 0. The van der Waals surface area contributed by atoms with Gasteiger partial charge in [-0.25, -0.2) is 13.6 Å². The number of aryl methyl sites for hydroxylation is 1. The lowest BCUT2D eigenvalue weighted by molar-refractivity contribution is -0.670. The zero-order valence-electron chi connectivity index (χ0n) is 16.5. The summed E-state index contributed by atoms with van der Waals surface area (Å²) < 4.78 is 25.0. The highest BCUT2D eigenvalue weighted by Crippen LogP contribution is 2.29. The fourth-order valence-corrected chi connectivity index (χ4v) is 4.47. The summed E-state index contributed by atoms with van der Waals surface area (Å²) in [7, 11) is -3.62. The van der Waals surface area contributed by atoms with Gasteiger partial charge in [0.1, 0.15) is 6.54 Å². The molecule has 1 heterocycles. The van der Waals surface area contributed by atoms with Gasteiger partial charge in [0.05, 0.1) is 11.4 Å². The number of nitrogens with zero attached hydrogens (tertiary/aromatic N) is 1. The van der Waals surface area contributed by atoms with Gasteiger partial charge in [0.15, 0.2) is 0 Å². The molecular weight excluding hydrogens is 382 g/mol. The van der Waals surface area contributed by atoms with Gasteiger partial charge in [-0.1, -0.05) is 36.4 Å². The van der Waals surface area contributed by atoms with Gasteiger partial charge in [0.2, 0.25) is 10.0 Å². The Labute approximate surface area is 171 Å². The molecule has 150 valence electrons. The normalized spacial score (nSPS) is 12.1. The third-order valence-electron chi connectivity index (χ3n) is 5.42. The number of sulfonamides is 1. The fraction of sp³-hybridized carbons (Fsp3) is 0.217. The summed E-state index contributed by atoms with van der Waals surface area (Å²) in [5, 5.41) is 10.0. The lowest BCUT2D eigenvalue weighted by atomic mass is 10.1. The van der Waals surface area contributed by atoms with E-state index in [0.29, 0.717) is 0 Å². The number of hydrogen-bond acceptors (Lipinski definition) is 2. The topological polar surface area (TPSA) is 81.7 Å². The van der Waals surface area contributed by atoms with E-state index < -0.39 is 10.0 Å². The molecule has 0 radical (unpaired) electrons. The van der Waals surface area contributed by atoms with Crippen LogP contribution in [0.2, 0.25) is 0 Å². The van der Waals surface area contributed by atoms with E-state index in [4.69, 9.17) is 5.14 Å². The van der Waals surface area contributed by atoms with Gasteiger partial charge in [-0.15, -0.1) is 0 Å². The number of primary sulfonamides is 1. The zero-order chi connectivity index (χ0) is 20.4. The Hall–Kier alpha value is -2.67. The second-order valence-corrected chi connectivity index (χ2v) is 8.89. The summed E-state index contributed by atoms with van der Waals surface area (Å²) in [5.41, 5.74) is 4.98. The van der Waals surface area contributed by atoms with E-state index in [-0.39, 0.29) is 4.90 Å². The van der Waals surface area contributed by atoms with Gasteiger partial charge in [-0.05, 0) is 42.8 Å². The van der Waals surface area contributed by atoms with Crippen molar-refractivity contribution in [2.24, 2.45) is 5.14 Å². The second-order valence-electron chi connectivity index (χ2n) is 7.33. The number of hydrogen-bond donors (Lipinski definition) is 2. The third kappa shape index (κ3) is 4.05. The number of nitrogens with two attached hydrogens (primary N) is 2. The van der Waals surface area contributed by atoms with E-state index in [2.05, 4.69) is 59.3 Å². The number of benzene rings is 3. The van der Waals surface area contributed by atoms with Gasteiger partial charge >= 0.3 is 0 Å². The molecule has 4 N–H and O–H groups in total. The maximum Gasteiger partial charge on any atom is 0.238 e.